The number of carbonyl (C=O) groups is 1. The lowest BCUT2D eigenvalue weighted by atomic mass is 10.1. The molecule has 6 heteroatoms. The fraction of sp³-hybridized carbons (Fsp3) is 0.462. The highest BCUT2D eigenvalue weighted by Gasteiger charge is 2.16. The van der Waals surface area contributed by atoms with Gasteiger partial charge in [-0.2, -0.15) is 0 Å². The van der Waals surface area contributed by atoms with Gasteiger partial charge in [-0.05, 0) is 75.9 Å². The zero-order valence-electron chi connectivity index (χ0n) is 20.0. The topological polar surface area (TPSA) is 68.8 Å². The van der Waals surface area contributed by atoms with E-state index in [1.54, 1.807) is 7.05 Å². The Labute approximate surface area is 192 Å². The molecule has 0 aromatic heterocycles. The maximum absolute atomic E-state index is 12.5. The molecule has 1 fully saturated rings. The van der Waals surface area contributed by atoms with Gasteiger partial charge in [-0.15, -0.1) is 0 Å². The highest BCUT2D eigenvalue weighted by Crippen LogP contribution is 2.24. The quantitative estimate of drug-likeness (QED) is 0.469. The van der Waals surface area contributed by atoms with E-state index in [0.717, 1.165) is 24.6 Å². The van der Waals surface area contributed by atoms with Gasteiger partial charge in [-0.3, -0.25) is 9.79 Å². The zero-order valence-corrected chi connectivity index (χ0v) is 20.0. The number of hydrogen-bond donors (Lipinski definition) is 3. The minimum absolute atomic E-state index is 0.0617. The van der Waals surface area contributed by atoms with Crippen LogP contribution in [0.15, 0.2) is 53.5 Å². The zero-order chi connectivity index (χ0) is 23.1. The Morgan fingerprint density at radius 3 is 2.50 bits per heavy atom. The first-order valence-electron chi connectivity index (χ1n) is 11.5. The summed E-state index contributed by atoms with van der Waals surface area (Å²) in [5, 5.41) is 9.86. The Morgan fingerprint density at radius 2 is 1.81 bits per heavy atom. The molecule has 1 amide bonds. The fourth-order valence-electron chi connectivity index (χ4n) is 3.87. The second-order valence-electron chi connectivity index (χ2n) is 9.49. The number of guanidine groups is 1. The first-order chi connectivity index (χ1) is 15.2. The third kappa shape index (κ3) is 6.74. The second-order valence-corrected chi connectivity index (χ2v) is 9.49. The molecule has 0 aliphatic carbocycles. The van der Waals surface area contributed by atoms with Crippen molar-refractivity contribution in [3.8, 4) is 0 Å². The molecule has 0 radical (unpaired) electrons. The van der Waals surface area contributed by atoms with Gasteiger partial charge in [0.25, 0.3) is 5.91 Å². The normalized spacial score (nSPS) is 15.4. The maximum Gasteiger partial charge on any atom is 0.251 e. The summed E-state index contributed by atoms with van der Waals surface area (Å²) in [7, 11) is 1.77. The lowest BCUT2D eigenvalue weighted by molar-refractivity contribution is 0.0919. The maximum atomic E-state index is 12.5. The van der Waals surface area contributed by atoms with E-state index in [4.69, 9.17) is 0 Å². The monoisotopic (exact) mass is 435 g/mol. The SMILES string of the molecule is CN=C(NCc1cccc(C(=O)NC(C)(C)C)c1)NC(C)c1cccc(N2CCCC2)c1. The molecule has 32 heavy (non-hydrogen) atoms. The number of hydrogen-bond acceptors (Lipinski definition) is 3. The smallest absolute Gasteiger partial charge is 0.251 e. The van der Waals surface area contributed by atoms with E-state index in [2.05, 4.69) is 57.0 Å². The van der Waals surface area contributed by atoms with Gasteiger partial charge < -0.3 is 20.9 Å². The van der Waals surface area contributed by atoms with Gasteiger partial charge in [0.15, 0.2) is 5.96 Å². The molecule has 2 aromatic carbocycles. The summed E-state index contributed by atoms with van der Waals surface area (Å²) in [4.78, 5) is 19.3. The second kappa shape index (κ2) is 10.5. The van der Waals surface area contributed by atoms with E-state index < -0.39 is 0 Å². The number of carbonyl (C=O) groups excluding carboxylic acids is 1. The summed E-state index contributed by atoms with van der Waals surface area (Å²) in [5.74, 6) is 0.669. The standard InChI is InChI=1S/C26H37N5O/c1-19(21-11-9-13-23(17-21)31-14-6-7-15-31)29-25(27-5)28-18-20-10-8-12-22(16-20)24(32)30-26(2,3)4/h8-13,16-17,19H,6-7,14-15,18H2,1-5H3,(H,30,32)(H2,27,28,29). The van der Waals surface area contributed by atoms with E-state index in [0.29, 0.717) is 12.1 Å². The molecule has 1 atom stereocenters. The Kier molecular flexibility index (Phi) is 7.78. The molecule has 1 aliphatic heterocycles. The number of anilines is 1. The number of nitrogens with zero attached hydrogens (tertiary/aromatic N) is 2. The van der Waals surface area contributed by atoms with E-state index >= 15 is 0 Å². The van der Waals surface area contributed by atoms with Crippen molar-refractivity contribution >= 4 is 17.6 Å². The Balaban J connectivity index is 1.59. The molecule has 1 unspecified atom stereocenters. The summed E-state index contributed by atoms with van der Waals surface area (Å²) in [6, 6.07) is 16.6. The predicted molar refractivity (Wildman–Crippen MR) is 133 cm³/mol. The molecular formula is C26H37N5O. The lowest BCUT2D eigenvalue weighted by Crippen LogP contribution is -2.40. The van der Waals surface area contributed by atoms with Gasteiger partial charge in [0.1, 0.15) is 0 Å². The van der Waals surface area contributed by atoms with Crippen LogP contribution in [0.3, 0.4) is 0 Å². The molecule has 3 rings (SSSR count). The van der Waals surface area contributed by atoms with Crippen molar-refractivity contribution in [2.75, 3.05) is 25.0 Å². The third-order valence-corrected chi connectivity index (χ3v) is 5.56. The van der Waals surface area contributed by atoms with Crippen molar-refractivity contribution in [1.29, 1.82) is 0 Å². The Bertz CT molecular complexity index is 941. The van der Waals surface area contributed by atoms with Crippen molar-refractivity contribution in [3.63, 3.8) is 0 Å². The third-order valence-electron chi connectivity index (χ3n) is 5.56. The van der Waals surface area contributed by atoms with E-state index in [-0.39, 0.29) is 17.5 Å². The number of benzene rings is 2. The van der Waals surface area contributed by atoms with E-state index in [1.165, 1.54) is 24.1 Å². The van der Waals surface area contributed by atoms with Crippen LogP contribution >= 0.6 is 0 Å². The van der Waals surface area contributed by atoms with Crippen LogP contribution in [-0.2, 0) is 6.54 Å². The molecule has 172 valence electrons. The van der Waals surface area contributed by atoms with Crippen molar-refractivity contribution < 1.29 is 4.79 Å². The highest BCUT2D eigenvalue weighted by molar-refractivity contribution is 5.94. The highest BCUT2D eigenvalue weighted by atomic mass is 16.1. The van der Waals surface area contributed by atoms with Gasteiger partial charge in [0, 0.05) is 43.5 Å². The summed E-state index contributed by atoms with van der Waals surface area (Å²) in [6.45, 7) is 10.9. The summed E-state index contributed by atoms with van der Waals surface area (Å²) in [5.41, 5.74) is 3.95. The van der Waals surface area contributed by atoms with Crippen molar-refractivity contribution in [2.24, 2.45) is 4.99 Å². The van der Waals surface area contributed by atoms with Crippen molar-refractivity contribution in [2.45, 2.75) is 58.7 Å². The van der Waals surface area contributed by atoms with Crippen molar-refractivity contribution in [1.82, 2.24) is 16.0 Å². The predicted octanol–water partition coefficient (Wildman–Crippen LogP) is 4.24. The van der Waals surface area contributed by atoms with Crippen LogP contribution in [0.2, 0.25) is 0 Å². The summed E-state index contributed by atoms with van der Waals surface area (Å²) >= 11 is 0. The van der Waals surface area contributed by atoms with Crippen LogP contribution in [-0.4, -0.2) is 37.5 Å². The molecule has 0 spiro atoms. The number of aliphatic imine (C=N–C) groups is 1. The summed E-state index contributed by atoms with van der Waals surface area (Å²) in [6.07, 6.45) is 2.54. The molecule has 2 aromatic rings. The average molecular weight is 436 g/mol. The minimum atomic E-state index is -0.264. The fourth-order valence-corrected chi connectivity index (χ4v) is 3.87. The number of rotatable bonds is 6. The first kappa shape index (κ1) is 23.6. The summed E-state index contributed by atoms with van der Waals surface area (Å²) < 4.78 is 0. The van der Waals surface area contributed by atoms with Gasteiger partial charge in [0.05, 0.1) is 6.04 Å². The van der Waals surface area contributed by atoms with Crippen LogP contribution in [0.1, 0.15) is 68.1 Å². The van der Waals surface area contributed by atoms with Crippen LogP contribution in [0, 0.1) is 0 Å². The molecule has 0 bridgehead atoms. The number of nitrogens with one attached hydrogen (secondary N) is 3. The van der Waals surface area contributed by atoms with Crippen molar-refractivity contribution in [3.05, 3.63) is 65.2 Å². The molecule has 0 saturated carbocycles. The largest absolute Gasteiger partial charge is 0.372 e. The van der Waals surface area contributed by atoms with Gasteiger partial charge in [-0.1, -0.05) is 24.3 Å². The van der Waals surface area contributed by atoms with E-state index in [9.17, 15) is 4.79 Å². The molecule has 1 aliphatic rings. The minimum Gasteiger partial charge on any atom is -0.372 e. The molecule has 6 nitrogen and oxygen atoms in total. The van der Waals surface area contributed by atoms with Gasteiger partial charge >= 0.3 is 0 Å². The first-order valence-corrected chi connectivity index (χ1v) is 11.5. The van der Waals surface area contributed by atoms with E-state index in [1.807, 2.05) is 45.0 Å². The van der Waals surface area contributed by atoms with Crippen LogP contribution < -0.4 is 20.9 Å². The molecule has 3 N–H and O–H groups in total. The number of amides is 1. The Hall–Kier alpha value is -3.02. The molecule has 1 heterocycles. The Morgan fingerprint density at radius 1 is 1.09 bits per heavy atom. The average Bonchev–Trinajstić information content (AvgIpc) is 3.30. The lowest BCUT2D eigenvalue weighted by Gasteiger charge is -2.22. The molecule has 1 saturated heterocycles. The van der Waals surface area contributed by atoms with Crippen LogP contribution in [0.4, 0.5) is 5.69 Å². The van der Waals surface area contributed by atoms with Crippen LogP contribution in [0.5, 0.6) is 0 Å². The van der Waals surface area contributed by atoms with Gasteiger partial charge in [-0.25, -0.2) is 0 Å². The van der Waals surface area contributed by atoms with Crippen LogP contribution in [0.25, 0.3) is 0 Å². The van der Waals surface area contributed by atoms with Gasteiger partial charge in [0.2, 0.25) is 0 Å². The molecular weight excluding hydrogens is 398 g/mol.